The van der Waals surface area contributed by atoms with Gasteiger partial charge in [0.15, 0.2) is 0 Å². The van der Waals surface area contributed by atoms with Gasteiger partial charge < -0.3 is 0 Å². The zero-order valence-electron chi connectivity index (χ0n) is 40.0. The molecule has 0 unspecified atom stereocenters. The van der Waals surface area contributed by atoms with Crippen LogP contribution in [0.3, 0.4) is 0 Å². The monoisotopic (exact) mass is 1030 g/mol. The van der Waals surface area contributed by atoms with E-state index in [2.05, 4.69) is 123 Å². The molecule has 0 atom stereocenters. The van der Waals surface area contributed by atoms with Crippen molar-refractivity contribution in [2.24, 2.45) is 46.3 Å². The summed E-state index contributed by atoms with van der Waals surface area (Å²) in [5.74, 6) is 6.27. The Kier molecular flexibility index (Phi) is 15.9. The molecular weight excluding hydrogens is 968 g/mol. The van der Waals surface area contributed by atoms with Crippen LogP contribution in [0.1, 0.15) is 120 Å². The van der Waals surface area contributed by atoms with E-state index < -0.39 is 33.4 Å². The Morgan fingerprint density at radius 3 is 1.19 bits per heavy atom. The van der Waals surface area contributed by atoms with Crippen LogP contribution >= 0.6 is 17.0 Å². The minimum absolute atomic E-state index is 0.281. The van der Waals surface area contributed by atoms with Crippen LogP contribution in [0, 0.1) is 46.3 Å². The fourth-order valence-corrected chi connectivity index (χ4v) is 15.8. The molecule has 7 heteroatoms. The van der Waals surface area contributed by atoms with Crippen molar-refractivity contribution in [2.75, 3.05) is 0 Å². The normalized spacial score (nSPS) is 27.5. The Morgan fingerprint density at radius 1 is 0.567 bits per heavy atom. The van der Waals surface area contributed by atoms with Gasteiger partial charge >= 0.3 is 44.1 Å². The van der Waals surface area contributed by atoms with Crippen LogP contribution in [-0.4, -0.2) is 15.7 Å². The Morgan fingerprint density at radius 2 is 0.910 bits per heavy atom. The Bertz CT molecular complexity index is 2310. The van der Waals surface area contributed by atoms with Crippen LogP contribution in [0.15, 0.2) is 109 Å². The van der Waals surface area contributed by atoms with E-state index >= 15 is 0 Å². The van der Waals surface area contributed by atoms with Crippen molar-refractivity contribution in [1.82, 2.24) is 0 Å². The second kappa shape index (κ2) is 21.5. The standard InChI is InChI=1S/2C28H31.C4H7F3Si.2ClH.Zr/c2*1-2-19-6-8-24(9-7-19)26-5-3-4-25-13-23(14-27(25)26)18-28-15-20-10-21(16-28)12-22(11-20)17-28;1-8-3-2-4(5,6)7;;;/h2*3-9,13-14,20-22H,2,10-12,15-18H2,1H3;2-3H2,1H3;2*1H;/q2*-1;;;;+4/p-2. The molecule has 0 nitrogen and oxygen atoms in total. The number of fused-ring (bicyclic) bond motifs is 2. The molecule has 67 heavy (non-hydrogen) atoms. The summed E-state index contributed by atoms with van der Waals surface area (Å²) < 4.78 is 33.7. The molecule has 0 aromatic heterocycles. The number of aryl methyl sites for hydroxylation is 2. The first kappa shape index (κ1) is 49.5. The van der Waals surface area contributed by atoms with E-state index in [9.17, 15) is 13.2 Å². The zero-order valence-corrected chi connectivity index (χ0v) is 44.9. The van der Waals surface area contributed by atoms with E-state index in [1.165, 1.54) is 106 Å². The summed E-state index contributed by atoms with van der Waals surface area (Å²) in [7, 11) is 10.3. The van der Waals surface area contributed by atoms with E-state index in [1.54, 1.807) is 56.2 Å². The minimum atomic E-state index is -3.94. The van der Waals surface area contributed by atoms with Gasteiger partial charge in [-0.2, -0.15) is 25.3 Å². The molecule has 6 aromatic carbocycles. The summed E-state index contributed by atoms with van der Waals surface area (Å²) in [6.45, 7) is 6.22. The van der Waals surface area contributed by atoms with Gasteiger partial charge in [0.25, 0.3) is 0 Å². The first-order valence-corrected chi connectivity index (χ1v) is 33.6. The molecule has 8 aliphatic carbocycles. The van der Waals surface area contributed by atoms with Crippen LogP contribution < -0.4 is 0 Å². The average Bonchev–Trinajstić information content (AvgIpc) is 3.90. The third-order valence-electron chi connectivity index (χ3n) is 17.1. The zero-order chi connectivity index (χ0) is 46.8. The SMILES string of the molecule is CCc1ccc(-c2cccc3[cH-]c(CC45CC6CC(CC(C6)C4)C5)cc23)cc1.CCc1ccc(-c2cccc3[cH-]c(CC45CC6CC(CC(C6)C4)C5)cc23)cc1.C[Si]CCC(F)(F)F.[Cl][Zr+2][Cl]. The first-order chi connectivity index (χ1) is 32.4. The van der Waals surface area contributed by atoms with Gasteiger partial charge in [-0.25, -0.2) is 0 Å². The third kappa shape index (κ3) is 11.9. The van der Waals surface area contributed by atoms with Gasteiger partial charge in [0, 0.05) is 15.9 Å². The third-order valence-corrected chi connectivity index (χ3v) is 17.9. The van der Waals surface area contributed by atoms with Crippen LogP contribution in [0.25, 0.3) is 43.8 Å². The molecular formula is C60H69Cl2F3SiZr. The van der Waals surface area contributed by atoms with E-state index in [1.807, 2.05) is 0 Å². The molecule has 8 aliphatic rings. The fraction of sp³-hybridized carbons (Fsp3) is 0.500. The van der Waals surface area contributed by atoms with Gasteiger partial charge in [-0.1, -0.05) is 98.2 Å². The maximum atomic E-state index is 11.2. The molecule has 0 saturated heterocycles. The van der Waals surface area contributed by atoms with Gasteiger partial charge in [-0.15, -0.1) is 69.1 Å². The number of rotatable bonds is 10. The van der Waals surface area contributed by atoms with E-state index in [0.717, 1.165) is 48.3 Å². The van der Waals surface area contributed by atoms with Crippen LogP contribution in [0.5, 0.6) is 0 Å². The fourth-order valence-electron chi connectivity index (χ4n) is 15.3. The average molecular weight is 1040 g/mol. The van der Waals surface area contributed by atoms with E-state index in [4.69, 9.17) is 17.0 Å². The molecule has 2 radical (unpaired) electrons. The molecule has 8 saturated carbocycles. The molecule has 352 valence electrons. The van der Waals surface area contributed by atoms with Gasteiger partial charge in [0.2, 0.25) is 0 Å². The van der Waals surface area contributed by atoms with Crippen molar-refractivity contribution in [1.29, 1.82) is 0 Å². The number of alkyl halides is 3. The van der Waals surface area contributed by atoms with Gasteiger partial charge in [0.05, 0.1) is 0 Å². The summed E-state index contributed by atoms with van der Waals surface area (Å²) in [5.41, 5.74) is 12.8. The van der Waals surface area contributed by atoms with E-state index in [0.29, 0.717) is 20.3 Å². The van der Waals surface area contributed by atoms with Crippen molar-refractivity contribution in [2.45, 2.75) is 142 Å². The van der Waals surface area contributed by atoms with Gasteiger partial charge in [0.1, 0.15) is 0 Å². The number of hydrogen-bond acceptors (Lipinski definition) is 0. The predicted molar refractivity (Wildman–Crippen MR) is 276 cm³/mol. The molecule has 8 fully saturated rings. The predicted octanol–water partition coefficient (Wildman–Crippen LogP) is 18.6. The summed E-state index contributed by atoms with van der Waals surface area (Å²) in [4.78, 5) is 0. The van der Waals surface area contributed by atoms with Gasteiger partial charge in [-0.05, 0) is 171 Å². The molecule has 8 bridgehead atoms. The molecule has 0 heterocycles. The summed E-state index contributed by atoms with van der Waals surface area (Å²) in [5, 5.41) is 5.76. The van der Waals surface area contributed by atoms with Gasteiger partial charge in [-0.3, -0.25) is 0 Å². The summed E-state index contributed by atoms with van der Waals surface area (Å²) in [6, 6.07) is 42.4. The number of halogens is 5. The first-order valence-electron chi connectivity index (χ1n) is 25.6. The second-order valence-corrected chi connectivity index (χ2v) is 27.1. The van der Waals surface area contributed by atoms with Crippen LogP contribution in [0.4, 0.5) is 13.2 Å². The quantitative estimate of drug-likeness (QED) is 0.0947. The maximum absolute atomic E-state index is 11.2. The number of benzene rings is 4. The van der Waals surface area contributed by atoms with Crippen molar-refractivity contribution in [3.63, 3.8) is 0 Å². The van der Waals surface area contributed by atoms with Crippen LogP contribution in [-0.2, 0) is 46.5 Å². The molecule has 14 rings (SSSR count). The van der Waals surface area contributed by atoms with Crippen molar-refractivity contribution < 1.29 is 34.0 Å². The summed E-state index contributed by atoms with van der Waals surface area (Å²) in [6.07, 6.45) is 18.6. The van der Waals surface area contributed by atoms with Crippen molar-refractivity contribution in [3.8, 4) is 22.3 Å². The van der Waals surface area contributed by atoms with E-state index in [-0.39, 0.29) is 6.04 Å². The van der Waals surface area contributed by atoms with Crippen molar-refractivity contribution in [3.05, 3.63) is 131 Å². The Balaban J connectivity index is 0.000000138. The number of hydrogen-bond donors (Lipinski definition) is 0. The van der Waals surface area contributed by atoms with Crippen molar-refractivity contribution >= 4 is 48.1 Å². The molecule has 0 N–H and O–H groups in total. The Labute approximate surface area is 420 Å². The summed E-state index contributed by atoms with van der Waals surface area (Å²) >= 11 is -0.826. The molecule has 0 spiro atoms. The topological polar surface area (TPSA) is 0 Å². The van der Waals surface area contributed by atoms with Crippen LogP contribution in [0.2, 0.25) is 12.6 Å². The second-order valence-electron chi connectivity index (χ2n) is 22.2. The Hall–Kier alpha value is -2.43. The molecule has 0 aliphatic heterocycles. The molecule has 0 amide bonds. The molecule has 6 aromatic rings.